The summed E-state index contributed by atoms with van der Waals surface area (Å²) in [6.07, 6.45) is 0. The van der Waals surface area contributed by atoms with Gasteiger partial charge in [0.2, 0.25) is 0 Å². The summed E-state index contributed by atoms with van der Waals surface area (Å²) in [7, 11) is 2.04. The summed E-state index contributed by atoms with van der Waals surface area (Å²) < 4.78 is 0. The monoisotopic (exact) mass is 291 g/mol. The molecule has 1 unspecified atom stereocenters. The highest BCUT2D eigenvalue weighted by atomic mass is 16.4. The van der Waals surface area contributed by atoms with E-state index >= 15 is 0 Å². The van der Waals surface area contributed by atoms with Crippen LogP contribution in [0.4, 0.5) is 10.5 Å². The van der Waals surface area contributed by atoms with E-state index in [0.717, 1.165) is 6.54 Å². The number of hydrogen-bond acceptors (Lipinski definition) is 3. The number of nitrogens with zero attached hydrogens (tertiary/aromatic N) is 2. The lowest BCUT2D eigenvalue weighted by atomic mass is 10.1. The van der Waals surface area contributed by atoms with Crippen LogP contribution in [0.5, 0.6) is 0 Å². The molecule has 6 nitrogen and oxygen atoms in total. The summed E-state index contributed by atoms with van der Waals surface area (Å²) in [4.78, 5) is 27.3. The maximum absolute atomic E-state index is 12.2. The number of carbonyl (C=O) groups excluding carboxylic acids is 1. The van der Waals surface area contributed by atoms with Crippen LogP contribution in [0.2, 0.25) is 0 Å². The zero-order chi connectivity index (χ0) is 15.6. The number of aromatic carboxylic acids is 1. The highest BCUT2D eigenvalue weighted by Gasteiger charge is 2.24. The van der Waals surface area contributed by atoms with E-state index in [9.17, 15) is 9.59 Å². The minimum absolute atomic E-state index is 0.185. The van der Waals surface area contributed by atoms with Crippen molar-refractivity contribution < 1.29 is 14.7 Å². The van der Waals surface area contributed by atoms with Crippen LogP contribution in [0.3, 0.4) is 0 Å². The van der Waals surface area contributed by atoms with Crippen LogP contribution in [0, 0.1) is 6.92 Å². The van der Waals surface area contributed by atoms with Gasteiger partial charge in [-0.3, -0.25) is 0 Å². The Labute approximate surface area is 124 Å². The molecule has 2 rings (SSSR count). The van der Waals surface area contributed by atoms with Crippen molar-refractivity contribution in [2.45, 2.75) is 19.9 Å². The Morgan fingerprint density at radius 3 is 2.67 bits per heavy atom. The molecule has 0 aromatic heterocycles. The molecule has 0 bridgehead atoms. The maximum Gasteiger partial charge on any atom is 0.336 e. The Bertz CT molecular complexity index is 559. The predicted molar refractivity (Wildman–Crippen MR) is 80.8 cm³/mol. The summed E-state index contributed by atoms with van der Waals surface area (Å²) in [6.45, 7) is 5.98. The van der Waals surface area contributed by atoms with Gasteiger partial charge in [-0.25, -0.2) is 9.59 Å². The fourth-order valence-electron chi connectivity index (χ4n) is 2.37. The van der Waals surface area contributed by atoms with Crippen LogP contribution < -0.4 is 5.32 Å². The number of hydrogen-bond donors (Lipinski definition) is 2. The predicted octanol–water partition coefficient (Wildman–Crippen LogP) is 1.86. The number of carbonyl (C=O) groups is 2. The Morgan fingerprint density at radius 1 is 1.33 bits per heavy atom. The van der Waals surface area contributed by atoms with Crippen molar-refractivity contribution in [3.8, 4) is 0 Å². The second-order valence-electron chi connectivity index (χ2n) is 5.54. The van der Waals surface area contributed by atoms with E-state index in [1.165, 1.54) is 6.07 Å². The molecule has 1 fully saturated rings. The summed E-state index contributed by atoms with van der Waals surface area (Å²) in [5, 5.41) is 11.9. The Morgan fingerprint density at radius 2 is 2.05 bits per heavy atom. The van der Waals surface area contributed by atoms with Gasteiger partial charge in [0, 0.05) is 31.4 Å². The van der Waals surface area contributed by atoms with Gasteiger partial charge in [0.15, 0.2) is 0 Å². The van der Waals surface area contributed by atoms with E-state index in [1.54, 1.807) is 24.0 Å². The number of urea groups is 1. The number of carboxylic acid groups (broad SMARTS) is 1. The van der Waals surface area contributed by atoms with Gasteiger partial charge in [0.1, 0.15) is 0 Å². The van der Waals surface area contributed by atoms with Crippen molar-refractivity contribution in [2.75, 3.05) is 32.0 Å². The molecule has 21 heavy (non-hydrogen) atoms. The third kappa shape index (κ3) is 3.52. The average molecular weight is 291 g/mol. The molecule has 1 atom stereocenters. The molecule has 0 spiro atoms. The van der Waals surface area contributed by atoms with Crippen molar-refractivity contribution in [3.05, 3.63) is 29.3 Å². The van der Waals surface area contributed by atoms with E-state index in [2.05, 4.69) is 17.1 Å². The standard InChI is InChI=1S/C15H21N3O3/c1-10-4-5-12(8-13(10)14(19)20)16-15(21)18-7-6-17(3)11(2)9-18/h4-5,8,11H,6-7,9H2,1-3H3,(H,16,21)(H,19,20). The van der Waals surface area contributed by atoms with Crippen molar-refractivity contribution in [1.82, 2.24) is 9.80 Å². The number of nitrogens with one attached hydrogen (secondary N) is 1. The molecule has 1 aliphatic heterocycles. The quantitative estimate of drug-likeness (QED) is 0.872. The van der Waals surface area contributed by atoms with Gasteiger partial charge >= 0.3 is 12.0 Å². The molecule has 0 saturated carbocycles. The SMILES string of the molecule is Cc1ccc(NC(=O)N2CCN(C)C(C)C2)cc1C(=O)O. The van der Waals surface area contributed by atoms with Crippen LogP contribution in [0.25, 0.3) is 0 Å². The van der Waals surface area contributed by atoms with Gasteiger partial charge in [-0.1, -0.05) is 6.07 Å². The third-order valence-electron chi connectivity index (χ3n) is 3.97. The lowest BCUT2D eigenvalue weighted by Crippen LogP contribution is -2.53. The van der Waals surface area contributed by atoms with Crippen molar-refractivity contribution in [2.24, 2.45) is 0 Å². The Kier molecular flexibility index (Phi) is 4.47. The highest BCUT2D eigenvalue weighted by molar-refractivity contribution is 5.94. The fourth-order valence-corrected chi connectivity index (χ4v) is 2.37. The summed E-state index contributed by atoms with van der Waals surface area (Å²) in [6, 6.07) is 5.05. The van der Waals surface area contributed by atoms with Crippen LogP contribution in [-0.4, -0.2) is 59.6 Å². The molecule has 1 aromatic carbocycles. The molecule has 2 N–H and O–H groups in total. The Hall–Kier alpha value is -2.08. The number of anilines is 1. The summed E-state index contributed by atoms with van der Waals surface area (Å²) in [5.41, 5.74) is 1.39. The molecular formula is C15H21N3O3. The minimum atomic E-state index is -0.989. The van der Waals surface area contributed by atoms with Crippen LogP contribution in [0.15, 0.2) is 18.2 Å². The van der Waals surface area contributed by atoms with E-state index in [4.69, 9.17) is 5.11 Å². The van der Waals surface area contributed by atoms with Crippen molar-refractivity contribution in [1.29, 1.82) is 0 Å². The minimum Gasteiger partial charge on any atom is -0.478 e. The lowest BCUT2D eigenvalue weighted by Gasteiger charge is -2.37. The van der Waals surface area contributed by atoms with E-state index in [1.807, 2.05) is 7.05 Å². The first-order chi connectivity index (χ1) is 9.88. The summed E-state index contributed by atoms with van der Waals surface area (Å²) >= 11 is 0. The number of amides is 2. The number of carboxylic acids is 1. The largest absolute Gasteiger partial charge is 0.478 e. The topological polar surface area (TPSA) is 72.9 Å². The summed E-state index contributed by atoms with van der Waals surface area (Å²) in [5.74, 6) is -0.989. The fraction of sp³-hybridized carbons (Fsp3) is 0.467. The first-order valence-corrected chi connectivity index (χ1v) is 6.98. The number of piperazine rings is 1. The van der Waals surface area contributed by atoms with Gasteiger partial charge in [0.25, 0.3) is 0 Å². The average Bonchev–Trinajstić information content (AvgIpc) is 2.43. The van der Waals surface area contributed by atoms with Gasteiger partial charge in [-0.05, 0) is 38.6 Å². The molecule has 0 aliphatic carbocycles. The van der Waals surface area contributed by atoms with Gasteiger partial charge in [-0.2, -0.15) is 0 Å². The van der Waals surface area contributed by atoms with Crippen molar-refractivity contribution in [3.63, 3.8) is 0 Å². The molecule has 2 amide bonds. The molecule has 6 heteroatoms. The van der Waals surface area contributed by atoms with Crippen LogP contribution >= 0.6 is 0 Å². The Balaban J connectivity index is 2.06. The molecular weight excluding hydrogens is 270 g/mol. The zero-order valence-electron chi connectivity index (χ0n) is 12.6. The number of rotatable bonds is 2. The van der Waals surface area contributed by atoms with E-state index in [0.29, 0.717) is 30.4 Å². The lowest BCUT2D eigenvalue weighted by molar-refractivity contribution is 0.0696. The number of likely N-dealkylation sites (N-methyl/N-ethyl adjacent to an activating group) is 1. The molecule has 1 heterocycles. The second kappa shape index (κ2) is 6.13. The van der Waals surface area contributed by atoms with Gasteiger partial charge in [0.05, 0.1) is 5.56 Å². The molecule has 1 aliphatic rings. The maximum atomic E-state index is 12.2. The highest BCUT2D eigenvalue weighted by Crippen LogP contribution is 2.16. The van der Waals surface area contributed by atoms with Crippen LogP contribution in [-0.2, 0) is 0 Å². The molecule has 1 saturated heterocycles. The normalized spacial score (nSPS) is 19.4. The van der Waals surface area contributed by atoms with Crippen LogP contribution in [0.1, 0.15) is 22.8 Å². The van der Waals surface area contributed by atoms with E-state index < -0.39 is 5.97 Å². The van der Waals surface area contributed by atoms with Gasteiger partial charge < -0.3 is 20.2 Å². The smallest absolute Gasteiger partial charge is 0.336 e. The molecule has 0 radical (unpaired) electrons. The number of aryl methyl sites for hydroxylation is 1. The zero-order valence-corrected chi connectivity index (χ0v) is 12.6. The number of benzene rings is 1. The third-order valence-corrected chi connectivity index (χ3v) is 3.97. The van der Waals surface area contributed by atoms with Crippen molar-refractivity contribution >= 4 is 17.7 Å². The first-order valence-electron chi connectivity index (χ1n) is 6.98. The molecule has 114 valence electrons. The van der Waals surface area contributed by atoms with Gasteiger partial charge in [-0.15, -0.1) is 0 Å². The molecule has 1 aromatic rings. The second-order valence-corrected chi connectivity index (χ2v) is 5.54. The first kappa shape index (κ1) is 15.3. The van der Waals surface area contributed by atoms with E-state index in [-0.39, 0.29) is 11.6 Å².